The SMILES string of the molecule is COC(=O)C(Cc1ccc(Oc2ccnc3c2c(C)cn3[S+]([O-])c2ccc(C)cc2)cc1)N(C)C. The minimum Gasteiger partial charge on any atom is -0.587 e. The van der Waals surface area contributed by atoms with Crippen LogP contribution in [0.5, 0.6) is 11.5 Å². The van der Waals surface area contributed by atoms with Crippen molar-refractivity contribution in [1.82, 2.24) is 13.9 Å². The number of hydrogen-bond donors (Lipinski definition) is 0. The fourth-order valence-corrected chi connectivity index (χ4v) is 5.05. The molecule has 0 saturated heterocycles. The number of likely N-dealkylation sites (N-methyl/N-ethyl adjacent to an activating group) is 1. The fourth-order valence-electron chi connectivity index (χ4n) is 3.91. The van der Waals surface area contributed by atoms with E-state index < -0.39 is 11.4 Å². The van der Waals surface area contributed by atoms with Crippen LogP contribution in [-0.4, -0.2) is 51.6 Å². The first-order chi connectivity index (χ1) is 16.8. The van der Waals surface area contributed by atoms with E-state index in [9.17, 15) is 9.35 Å². The van der Waals surface area contributed by atoms with Crippen LogP contribution in [0.1, 0.15) is 16.7 Å². The molecule has 0 bridgehead atoms. The smallest absolute Gasteiger partial charge is 0.323 e. The molecule has 0 spiro atoms. The average molecular weight is 492 g/mol. The Balaban J connectivity index is 1.58. The second-order valence-electron chi connectivity index (χ2n) is 8.66. The van der Waals surface area contributed by atoms with E-state index in [0.717, 1.165) is 22.1 Å². The number of aryl methyl sites for hydroxylation is 2. The van der Waals surface area contributed by atoms with Crippen molar-refractivity contribution in [2.45, 2.75) is 31.2 Å². The topological polar surface area (TPSA) is 79.6 Å². The summed E-state index contributed by atoms with van der Waals surface area (Å²) in [6, 6.07) is 16.7. The highest BCUT2D eigenvalue weighted by atomic mass is 32.2. The van der Waals surface area contributed by atoms with Gasteiger partial charge in [0.25, 0.3) is 0 Å². The number of methoxy groups -OCH3 is 1. The van der Waals surface area contributed by atoms with Crippen molar-refractivity contribution >= 4 is 28.4 Å². The first-order valence-corrected chi connectivity index (χ1v) is 12.4. The molecule has 7 nitrogen and oxygen atoms in total. The molecule has 4 aromatic rings. The monoisotopic (exact) mass is 491 g/mol. The zero-order valence-electron chi connectivity index (χ0n) is 20.5. The van der Waals surface area contributed by atoms with Gasteiger partial charge in [-0.25, -0.2) is 4.98 Å². The highest BCUT2D eigenvalue weighted by Crippen LogP contribution is 2.34. The van der Waals surface area contributed by atoms with Gasteiger partial charge in [0.05, 0.1) is 18.7 Å². The summed E-state index contributed by atoms with van der Waals surface area (Å²) >= 11 is -1.42. The van der Waals surface area contributed by atoms with Gasteiger partial charge in [-0.1, -0.05) is 29.8 Å². The number of benzene rings is 2. The molecule has 0 N–H and O–H groups in total. The lowest BCUT2D eigenvalue weighted by molar-refractivity contribution is -0.145. The van der Waals surface area contributed by atoms with Crippen molar-refractivity contribution in [3.63, 3.8) is 0 Å². The Morgan fingerprint density at radius 1 is 1.09 bits per heavy atom. The number of aromatic nitrogens is 2. The first kappa shape index (κ1) is 24.8. The molecule has 2 unspecified atom stereocenters. The standard InChI is InChI=1S/C27H29N3O4S/c1-18-6-12-22(13-7-18)35(32)30-17-19(2)25-24(14-15-28-26(25)30)34-21-10-8-20(9-11-21)16-23(29(3)4)27(31)33-5/h6-15,17,23H,16H2,1-5H3. The number of esters is 1. The van der Waals surface area contributed by atoms with Crippen LogP contribution in [0.25, 0.3) is 11.0 Å². The molecule has 0 radical (unpaired) electrons. The predicted molar refractivity (Wildman–Crippen MR) is 137 cm³/mol. The molecular formula is C27H29N3O4S. The van der Waals surface area contributed by atoms with Crippen molar-refractivity contribution in [2.75, 3.05) is 21.2 Å². The summed E-state index contributed by atoms with van der Waals surface area (Å²) in [5, 5.41) is 0.815. The van der Waals surface area contributed by atoms with Crippen LogP contribution in [0.15, 0.2) is 71.9 Å². The highest BCUT2D eigenvalue weighted by Gasteiger charge is 2.23. The lowest BCUT2D eigenvalue weighted by Crippen LogP contribution is -2.38. The number of pyridine rings is 1. The Morgan fingerprint density at radius 2 is 1.77 bits per heavy atom. The van der Waals surface area contributed by atoms with Crippen molar-refractivity contribution in [3.8, 4) is 11.5 Å². The zero-order valence-corrected chi connectivity index (χ0v) is 21.3. The van der Waals surface area contributed by atoms with E-state index in [1.165, 1.54) is 7.11 Å². The van der Waals surface area contributed by atoms with Gasteiger partial charge in [-0.3, -0.25) is 9.69 Å². The predicted octanol–water partition coefficient (Wildman–Crippen LogP) is 4.66. The summed E-state index contributed by atoms with van der Waals surface area (Å²) in [5.74, 6) is 1.03. The lowest BCUT2D eigenvalue weighted by atomic mass is 10.1. The van der Waals surface area contributed by atoms with Gasteiger partial charge < -0.3 is 14.0 Å². The number of carbonyl (C=O) groups is 1. The average Bonchev–Trinajstić information content (AvgIpc) is 3.20. The number of fused-ring (bicyclic) bond motifs is 1. The minimum absolute atomic E-state index is 0.266. The number of ether oxygens (including phenoxy) is 2. The molecule has 182 valence electrons. The van der Waals surface area contributed by atoms with Gasteiger partial charge in [-0.05, 0) is 75.8 Å². The Morgan fingerprint density at radius 3 is 2.40 bits per heavy atom. The molecule has 2 aromatic heterocycles. The molecule has 0 fully saturated rings. The van der Waals surface area contributed by atoms with Crippen LogP contribution >= 0.6 is 0 Å². The van der Waals surface area contributed by atoms with Gasteiger partial charge in [0.15, 0.2) is 10.5 Å². The Bertz CT molecular complexity index is 1320. The van der Waals surface area contributed by atoms with Gasteiger partial charge in [0, 0.05) is 6.20 Å². The van der Waals surface area contributed by atoms with Crippen molar-refractivity contribution in [3.05, 3.63) is 83.7 Å². The molecule has 2 aromatic carbocycles. The molecule has 4 rings (SSSR count). The second-order valence-corrected chi connectivity index (χ2v) is 10.0. The van der Waals surface area contributed by atoms with E-state index in [2.05, 4.69) is 4.98 Å². The van der Waals surface area contributed by atoms with Crippen LogP contribution < -0.4 is 4.74 Å². The maximum absolute atomic E-state index is 13.3. The van der Waals surface area contributed by atoms with E-state index >= 15 is 0 Å². The molecule has 0 aliphatic heterocycles. The van der Waals surface area contributed by atoms with Crippen LogP contribution in [-0.2, 0) is 27.3 Å². The Labute approximate surface area is 208 Å². The van der Waals surface area contributed by atoms with Gasteiger partial charge in [0.1, 0.15) is 28.9 Å². The van der Waals surface area contributed by atoms with E-state index in [0.29, 0.717) is 28.5 Å². The van der Waals surface area contributed by atoms with Crippen molar-refractivity contribution in [2.24, 2.45) is 0 Å². The summed E-state index contributed by atoms with van der Waals surface area (Å²) in [6.07, 6.45) is 4.04. The molecule has 35 heavy (non-hydrogen) atoms. The van der Waals surface area contributed by atoms with E-state index in [4.69, 9.17) is 9.47 Å². The van der Waals surface area contributed by atoms with Gasteiger partial charge >= 0.3 is 5.97 Å². The largest absolute Gasteiger partial charge is 0.587 e. The number of carbonyl (C=O) groups excluding carboxylic acids is 1. The molecule has 8 heteroatoms. The van der Waals surface area contributed by atoms with Crippen LogP contribution in [0.2, 0.25) is 0 Å². The highest BCUT2D eigenvalue weighted by molar-refractivity contribution is 7.90. The molecule has 0 saturated carbocycles. The summed E-state index contributed by atoms with van der Waals surface area (Å²) in [7, 11) is 5.11. The third-order valence-electron chi connectivity index (χ3n) is 5.88. The maximum atomic E-state index is 13.3. The van der Waals surface area contributed by atoms with E-state index in [1.54, 1.807) is 10.2 Å². The van der Waals surface area contributed by atoms with E-state index in [1.807, 2.05) is 93.6 Å². The van der Waals surface area contributed by atoms with Gasteiger partial charge in [-0.15, -0.1) is 3.97 Å². The van der Waals surface area contributed by atoms with Gasteiger partial charge in [0.2, 0.25) is 0 Å². The Kier molecular flexibility index (Phi) is 7.45. The molecular weight excluding hydrogens is 462 g/mol. The lowest BCUT2D eigenvalue weighted by Gasteiger charge is -2.21. The fraction of sp³-hybridized carbons (Fsp3) is 0.259. The molecule has 0 aliphatic carbocycles. The molecule has 2 heterocycles. The van der Waals surface area contributed by atoms with Crippen LogP contribution in [0.3, 0.4) is 0 Å². The van der Waals surface area contributed by atoms with Crippen molar-refractivity contribution < 1.29 is 18.8 Å². The number of rotatable bonds is 8. The maximum Gasteiger partial charge on any atom is 0.323 e. The second kappa shape index (κ2) is 10.5. The summed E-state index contributed by atoms with van der Waals surface area (Å²) in [6.45, 7) is 3.95. The summed E-state index contributed by atoms with van der Waals surface area (Å²) < 4.78 is 26.1. The summed E-state index contributed by atoms with van der Waals surface area (Å²) in [5.41, 5.74) is 3.63. The first-order valence-electron chi connectivity index (χ1n) is 11.2. The normalized spacial score (nSPS) is 13.1. The Hall–Kier alpha value is -3.33. The molecule has 0 aliphatic rings. The van der Waals surface area contributed by atoms with Crippen molar-refractivity contribution in [1.29, 1.82) is 0 Å². The quantitative estimate of drug-likeness (QED) is 0.263. The summed E-state index contributed by atoms with van der Waals surface area (Å²) in [4.78, 5) is 19.1. The number of nitrogens with zero attached hydrogens (tertiary/aromatic N) is 3. The third-order valence-corrected chi connectivity index (χ3v) is 7.20. The van der Waals surface area contributed by atoms with Gasteiger partial charge in [-0.2, -0.15) is 0 Å². The molecule has 0 amide bonds. The van der Waals surface area contributed by atoms with E-state index in [-0.39, 0.29) is 12.0 Å². The van der Waals surface area contributed by atoms with Crippen LogP contribution in [0, 0.1) is 13.8 Å². The number of hydrogen-bond acceptors (Lipinski definition) is 6. The third kappa shape index (κ3) is 5.35. The zero-order chi connectivity index (χ0) is 25.1. The minimum atomic E-state index is -1.42. The van der Waals surface area contributed by atoms with Crippen LogP contribution in [0.4, 0.5) is 0 Å². The molecule has 2 atom stereocenters.